The fourth-order valence-corrected chi connectivity index (χ4v) is 2.85. The summed E-state index contributed by atoms with van der Waals surface area (Å²) in [5.74, 6) is 0.627. The van der Waals surface area contributed by atoms with Crippen LogP contribution in [0.15, 0.2) is 5.38 Å². The quantitative estimate of drug-likeness (QED) is 0.789. The topological polar surface area (TPSA) is 31.4 Å². The molecular weight excluding hydrogens is 245 g/mol. The second-order valence-corrected chi connectivity index (χ2v) is 7.29. The van der Waals surface area contributed by atoms with Gasteiger partial charge in [0.25, 0.3) is 0 Å². The minimum Gasteiger partial charge on any atom is -0.398 e. The van der Waals surface area contributed by atoms with Crippen molar-refractivity contribution in [3.8, 4) is 0 Å². The van der Waals surface area contributed by atoms with Crippen molar-refractivity contribution < 1.29 is 9.31 Å². The van der Waals surface area contributed by atoms with Crippen LogP contribution in [0.3, 0.4) is 0 Å². The molecule has 0 radical (unpaired) electrons. The van der Waals surface area contributed by atoms with E-state index in [4.69, 9.17) is 9.31 Å². The summed E-state index contributed by atoms with van der Waals surface area (Å²) in [6.07, 6.45) is 1.02. The molecule has 0 amide bonds. The molecule has 0 unspecified atom stereocenters. The molecule has 1 aliphatic heterocycles. The fraction of sp³-hybridized carbons (Fsp3) is 0.769. The Morgan fingerprint density at radius 2 is 1.78 bits per heavy atom. The molecule has 1 aromatic rings. The first-order valence-corrected chi connectivity index (χ1v) is 7.39. The zero-order chi connectivity index (χ0) is 13.6. The average Bonchev–Trinajstić information content (AvgIpc) is 2.70. The minimum absolute atomic E-state index is 0.292. The van der Waals surface area contributed by atoms with Crippen LogP contribution in [0.25, 0.3) is 0 Å². The molecule has 18 heavy (non-hydrogen) atoms. The van der Waals surface area contributed by atoms with Gasteiger partial charge in [-0.05, 0) is 33.6 Å². The molecule has 0 spiro atoms. The Bertz CT molecular complexity index is 412. The number of hydrogen-bond acceptors (Lipinski definition) is 4. The van der Waals surface area contributed by atoms with E-state index in [1.807, 2.05) is 0 Å². The Morgan fingerprint density at radius 3 is 2.28 bits per heavy atom. The van der Waals surface area contributed by atoms with Gasteiger partial charge in [-0.25, -0.2) is 0 Å². The summed E-state index contributed by atoms with van der Waals surface area (Å²) in [6.45, 7) is 12.7. The molecule has 0 saturated carbocycles. The first-order chi connectivity index (χ1) is 8.21. The maximum Gasteiger partial charge on any atom is 0.515 e. The van der Waals surface area contributed by atoms with Crippen LogP contribution in [0.2, 0.25) is 0 Å². The lowest BCUT2D eigenvalue weighted by molar-refractivity contribution is 0.00578. The second-order valence-electron chi connectivity index (χ2n) is 6.35. The van der Waals surface area contributed by atoms with Gasteiger partial charge in [0.15, 0.2) is 0 Å². The fourth-order valence-electron chi connectivity index (χ4n) is 1.84. The summed E-state index contributed by atoms with van der Waals surface area (Å²) in [5, 5.41) is 3.22. The van der Waals surface area contributed by atoms with E-state index < -0.39 is 0 Å². The Labute approximate surface area is 114 Å². The van der Waals surface area contributed by atoms with Gasteiger partial charge in [0.2, 0.25) is 0 Å². The van der Waals surface area contributed by atoms with Gasteiger partial charge in [-0.15, -0.1) is 11.3 Å². The number of thiazole rings is 1. The highest BCUT2D eigenvalue weighted by atomic mass is 32.1. The van der Waals surface area contributed by atoms with Gasteiger partial charge in [-0.3, -0.25) is 4.98 Å². The van der Waals surface area contributed by atoms with E-state index in [1.165, 1.54) is 0 Å². The van der Waals surface area contributed by atoms with Crippen molar-refractivity contribution in [2.45, 2.75) is 59.2 Å². The van der Waals surface area contributed by atoms with Gasteiger partial charge < -0.3 is 9.31 Å². The molecule has 3 nitrogen and oxygen atoms in total. The summed E-state index contributed by atoms with van der Waals surface area (Å²) in [6, 6.07) is 0. The lowest BCUT2D eigenvalue weighted by atomic mass is 9.86. The lowest BCUT2D eigenvalue weighted by Gasteiger charge is -2.32. The minimum atomic E-state index is -0.327. The molecule has 0 N–H and O–H groups in total. The van der Waals surface area contributed by atoms with E-state index >= 15 is 0 Å². The molecule has 1 saturated heterocycles. The molecule has 0 aromatic carbocycles. The Hall–Kier alpha value is -0.385. The standard InChI is InChI=1S/C13H22BNO2S/c1-9(2)7-11-15-10(8-18-11)14-16-12(3,4)13(5,6)17-14/h8-9H,7H2,1-6H3. The van der Waals surface area contributed by atoms with Gasteiger partial charge in [-0.2, -0.15) is 0 Å². The van der Waals surface area contributed by atoms with E-state index in [0.717, 1.165) is 17.0 Å². The van der Waals surface area contributed by atoms with E-state index in [1.54, 1.807) is 11.3 Å². The highest BCUT2D eigenvalue weighted by molar-refractivity contribution is 7.10. The molecule has 100 valence electrons. The number of nitrogens with zero attached hydrogens (tertiary/aromatic N) is 1. The van der Waals surface area contributed by atoms with E-state index in [0.29, 0.717) is 5.92 Å². The molecule has 0 bridgehead atoms. The largest absolute Gasteiger partial charge is 0.515 e. The zero-order valence-electron chi connectivity index (χ0n) is 12.1. The molecule has 2 rings (SSSR count). The third kappa shape index (κ3) is 2.63. The number of hydrogen-bond donors (Lipinski definition) is 0. The molecule has 1 aromatic heterocycles. The summed E-state index contributed by atoms with van der Waals surface area (Å²) in [4.78, 5) is 4.63. The molecule has 2 heterocycles. The highest BCUT2D eigenvalue weighted by Crippen LogP contribution is 2.36. The van der Waals surface area contributed by atoms with Crippen molar-refractivity contribution in [2.24, 2.45) is 5.92 Å². The van der Waals surface area contributed by atoms with Gasteiger partial charge >= 0.3 is 7.12 Å². The smallest absolute Gasteiger partial charge is 0.398 e. The predicted octanol–water partition coefficient (Wildman–Crippen LogP) is 2.64. The van der Waals surface area contributed by atoms with Gasteiger partial charge in [0.05, 0.1) is 21.8 Å². The Balaban J connectivity index is 2.12. The van der Waals surface area contributed by atoms with Crippen LogP contribution in [0.1, 0.15) is 46.6 Å². The lowest BCUT2D eigenvalue weighted by Crippen LogP contribution is -2.41. The Morgan fingerprint density at radius 1 is 1.22 bits per heavy atom. The van der Waals surface area contributed by atoms with Crippen LogP contribution in [-0.4, -0.2) is 23.3 Å². The third-order valence-electron chi connectivity index (χ3n) is 3.65. The molecule has 1 fully saturated rings. The maximum atomic E-state index is 5.99. The SMILES string of the molecule is CC(C)Cc1nc(B2OC(C)(C)C(C)(C)O2)cs1. The van der Waals surface area contributed by atoms with Gasteiger partial charge in [0.1, 0.15) is 0 Å². The first-order valence-electron chi connectivity index (χ1n) is 6.51. The van der Waals surface area contributed by atoms with Crippen molar-refractivity contribution in [3.05, 3.63) is 10.4 Å². The van der Waals surface area contributed by atoms with Crippen LogP contribution < -0.4 is 5.59 Å². The van der Waals surface area contributed by atoms with E-state index in [-0.39, 0.29) is 18.3 Å². The van der Waals surface area contributed by atoms with Gasteiger partial charge in [-0.1, -0.05) is 13.8 Å². The van der Waals surface area contributed by atoms with Crippen LogP contribution in [0.5, 0.6) is 0 Å². The predicted molar refractivity (Wildman–Crippen MR) is 76.4 cm³/mol. The summed E-state index contributed by atoms with van der Waals surface area (Å²) < 4.78 is 12.0. The average molecular weight is 267 g/mol. The molecule has 1 aliphatic rings. The molecule has 0 atom stereocenters. The highest BCUT2D eigenvalue weighted by Gasteiger charge is 2.52. The Kier molecular flexibility index (Phi) is 3.60. The molecular formula is C13H22BNO2S. The summed E-state index contributed by atoms with van der Waals surface area (Å²) >= 11 is 1.69. The zero-order valence-corrected chi connectivity index (χ0v) is 12.9. The third-order valence-corrected chi connectivity index (χ3v) is 4.54. The second kappa shape index (κ2) is 4.62. The van der Waals surface area contributed by atoms with Gasteiger partial charge in [0, 0.05) is 11.8 Å². The monoisotopic (exact) mass is 267 g/mol. The van der Waals surface area contributed by atoms with Crippen LogP contribution in [0, 0.1) is 5.92 Å². The van der Waals surface area contributed by atoms with Crippen molar-refractivity contribution in [2.75, 3.05) is 0 Å². The van der Waals surface area contributed by atoms with Crippen LogP contribution in [-0.2, 0) is 15.7 Å². The summed E-state index contributed by atoms with van der Waals surface area (Å²) in [7, 11) is -0.327. The molecule has 0 aliphatic carbocycles. The number of rotatable bonds is 3. The summed E-state index contributed by atoms with van der Waals surface area (Å²) in [5.41, 5.74) is 0.327. The van der Waals surface area contributed by atoms with Crippen LogP contribution >= 0.6 is 11.3 Å². The first kappa shape index (κ1) is 14.0. The van der Waals surface area contributed by atoms with Crippen molar-refractivity contribution in [3.63, 3.8) is 0 Å². The normalized spacial score (nSPS) is 21.8. The van der Waals surface area contributed by atoms with Crippen molar-refractivity contribution in [1.29, 1.82) is 0 Å². The van der Waals surface area contributed by atoms with Crippen molar-refractivity contribution >= 4 is 24.0 Å². The van der Waals surface area contributed by atoms with E-state index in [2.05, 4.69) is 51.9 Å². The molecule has 5 heteroatoms. The maximum absolute atomic E-state index is 5.99. The number of aromatic nitrogens is 1. The van der Waals surface area contributed by atoms with Crippen molar-refractivity contribution in [1.82, 2.24) is 4.98 Å². The van der Waals surface area contributed by atoms with Crippen LogP contribution in [0.4, 0.5) is 0 Å². The van der Waals surface area contributed by atoms with E-state index in [9.17, 15) is 0 Å².